The van der Waals surface area contributed by atoms with E-state index in [2.05, 4.69) is 5.32 Å². The number of benzene rings is 2. The molecule has 0 bridgehead atoms. The number of likely N-dealkylation sites (tertiary alicyclic amines) is 1. The fourth-order valence-corrected chi connectivity index (χ4v) is 6.82. The van der Waals surface area contributed by atoms with Crippen LogP contribution in [0.15, 0.2) is 48.5 Å². The van der Waals surface area contributed by atoms with Crippen molar-refractivity contribution < 1.29 is 19.1 Å². The Morgan fingerprint density at radius 1 is 1.14 bits per heavy atom. The van der Waals surface area contributed by atoms with Crippen molar-refractivity contribution in [1.29, 1.82) is 0 Å². The topological polar surface area (TPSA) is 80.8 Å². The number of nitrogens with one attached hydrogen (secondary N) is 1. The second kappa shape index (κ2) is 8.62. The molecule has 0 radical (unpaired) electrons. The van der Waals surface area contributed by atoms with Gasteiger partial charge >= 0.3 is 6.09 Å². The molecule has 1 saturated heterocycles. The SMILES string of the molecule is O=C(NC[C@@H]1[C@H]2C[C@H]2CN1C(=O)c1nc(C2CC2)sc1-c1ccccc1)Oc1cccc2c1CCO2. The van der Waals surface area contributed by atoms with Gasteiger partial charge in [-0.25, -0.2) is 9.78 Å². The Morgan fingerprint density at radius 3 is 2.83 bits per heavy atom. The molecule has 0 spiro atoms. The summed E-state index contributed by atoms with van der Waals surface area (Å²) in [5, 5.41) is 3.99. The molecule has 2 aliphatic heterocycles. The lowest BCUT2D eigenvalue weighted by molar-refractivity contribution is 0.0700. The van der Waals surface area contributed by atoms with E-state index < -0.39 is 6.09 Å². The third-order valence-electron chi connectivity index (χ3n) is 7.73. The van der Waals surface area contributed by atoms with Crippen LogP contribution in [0.2, 0.25) is 0 Å². The average molecular weight is 502 g/mol. The summed E-state index contributed by atoms with van der Waals surface area (Å²) < 4.78 is 11.2. The Morgan fingerprint density at radius 2 is 2.00 bits per heavy atom. The van der Waals surface area contributed by atoms with Crippen LogP contribution in [0.4, 0.5) is 4.79 Å². The molecule has 7 nitrogen and oxygen atoms in total. The standard InChI is InChI=1S/C28H27N3O4S/c32-27(24-25(16-5-2-1-3-6-16)36-26(30-24)17-9-10-17)31-15-18-13-20(18)21(31)14-29-28(33)35-23-8-4-7-22-19(23)11-12-34-22/h1-8,17-18,20-21H,9-15H2,(H,29,33)/t18-,20-,21+/m0/s1. The van der Waals surface area contributed by atoms with E-state index in [0.717, 1.165) is 59.0 Å². The molecule has 7 rings (SSSR count). The van der Waals surface area contributed by atoms with Gasteiger partial charge in [-0.05, 0) is 48.8 Å². The Balaban J connectivity index is 1.08. The van der Waals surface area contributed by atoms with E-state index in [1.54, 1.807) is 17.4 Å². The second-order valence-corrected chi connectivity index (χ2v) is 11.2. The number of carbonyl (C=O) groups is 2. The van der Waals surface area contributed by atoms with Gasteiger partial charge in [0.1, 0.15) is 17.2 Å². The molecular formula is C28H27N3O4S. The lowest BCUT2D eigenvalue weighted by Crippen LogP contribution is -2.46. The fourth-order valence-electron chi connectivity index (χ4n) is 5.58. The summed E-state index contributed by atoms with van der Waals surface area (Å²) in [7, 11) is 0. The first-order valence-electron chi connectivity index (χ1n) is 12.7. The van der Waals surface area contributed by atoms with Gasteiger partial charge in [0.05, 0.1) is 22.5 Å². The summed E-state index contributed by atoms with van der Waals surface area (Å²) in [6.45, 7) is 1.69. The number of amides is 2. The zero-order chi connectivity index (χ0) is 24.2. The molecule has 1 N–H and O–H groups in total. The molecule has 3 aromatic rings. The summed E-state index contributed by atoms with van der Waals surface area (Å²) in [6.07, 6.45) is 3.63. The van der Waals surface area contributed by atoms with Crippen molar-refractivity contribution in [2.24, 2.45) is 11.8 Å². The highest BCUT2D eigenvalue weighted by atomic mass is 32.1. The molecule has 1 aromatic heterocycles. The smallest absolute Gasteiger partial charge is 0.412 e. The molecule has 3 fully saturated rings. The minimum atomic E-state index is -0.499. The number of nitrogens with zero attached hydrogens (tertiary/aromatic N) is 2. The van der Waals surface area contributed by atoms with Gasteiger partial charge in [-0.2, -0.15) is 0 Å². The molecule has 0 unspecified atom stereocenters. The van der Waals surface area contributed by atoms with Gasteiger partial charge in [0.25, 0.3) is 5.91 Å². The highest BCUT2D eigenvalue weighted by Gasteiger charge is 2.54. The lowest BCUT2D eigenvalue weighted by Gasteiger charge is -2.27. The Hall–Kier alpha value is -3.39. The van der Waals surface area contributed by atoms with Crippen LogP contribution in [0.3, 0.4) is 0 Å². The molecule has 8 heteroatoms. The van der Waals surface area contributed by atoms with Crippen molar-refractivity contribution in [3.8, 4) is 21.9 Å². The zero-order valence-electron chi connectivity index (χ0n) is 19.8. The maximum absolute atomic E-state index is 13.8. The van der Waals surface area contributed by atoms with Gasteiger partial charge in [-0.3, -0.25) is 4.79 Å². The van der Waals surface area contributed by atoms with Crippen molar-refractivity contribution in [3.05, 3.63) is 64.8 Å². The summed E-state index contributed by atoms with van der Waals surface area (Å²) in [5.74, 6) is 2.70. The van der Waals surface area contributed by atoms with E-state index in [4.69, 9.17) is 14.5 Å². The van der Waals surface area contributed by atoms with Crippen molar-refractivity contribution in [2.75, 3.05) is 19.7 Å². The molecule has 36 heavy (non-hydrogen) atoms. The van der Waals surface area contributed by atoms with Crippen molar-refractivity contribution in [1.82, 2.24) is 15.2 Å². The van der Waals surface area contributed by atoms with Gasteiger partial charge in [-0.1, -0.05) is 36.4 Å². The minimum absolute atomic E-state index is 0.0256. The number of hydrogen-bond acceptors (Lipinski definition) is 6. The third-order valence-corrected chi connectivity index (χ3v) is 9.00. The highest BCUT2D eigenvalue weighted by Crippen LogP contribution is 2.51. The molecular weight excluding hydrogens is 474 g/mol. The van der Waals surface area contributed by atoms with Crippen LogP contribution in [0, 0.1) is 11.8 Å². The number of ether oxygens (including phenoxy) is 2. The molecule has 184 valence electrons. The van der Waals surface area contributed by atoms with Gasteiger partial charge in [0.2, 0.25) is 0 Å². The van der Waals surface area contributed by atoms with Crippen LogP contribution in [-0.2, 0) is 6.42 Å². The molecule has 3 atom stereocenters. The average Bonchev–Trinajstić information content (AvgIpc) is 3.75. The first-order chi connectivity index (χ1) is 17.7. The lowest BCUT2D eigenvalue weighted by atomic mass is 10.1. The van der Waals surface area contributed by atoms with Gasteiger partial charge in [0.15, 0.2) is 0 Å². The minimum Gasteiger partial charge on any atom is -0.493 e. The molecule has 3 heterocycles. The van der Waals surface area contributed by atoms with E-state index in [9.17, 15) is 9.59 Å². The number of aromatic nitrogens is 1. The summed E-state index contributed by atoms with van der Waals surface area (Å²) in [6, 6.07) is 15.5. The van der Waals surface area contributed by atoms with Crippen LogP contribution in [0.1, 0.15) is 46.2 Å². The predicted molar refractivity (Wildman–Crippen MR) is 136 cm³/mol. The van der Waals surface area contributed by atoms with Crippen molar-refractivity contribution >= 4 is 23.3 Å². The largest absolute Gasteiger partial charge is 0.493 e. The summed E-state index contributed by atoms with van der Waals surface area (Å²) >= 11 is 1.65. The summed E-state index contributed by atoms with van der Waals surface area (Å²) in [5.41, 5.74) is 2.52. The van der Waals surface area contributed by atoms with Crippen LogP contribution < -0.4 is 14.8 Å². The second-order valence-electron chi connectivity index (χ2n) is 10.2. The first kappa shape index (κ1) is 21.9. The number of thiazole rings is 1. The van der Waals surface area contributed by atoms with Crippen LogP contribution in [-0.4, -0.2) is 47.6 Å². The predicted octanol–water partition coefficient (Wildman–Crippen LogP) is 4.87. The summed E-state index contributed by atoms with van der Waals surface area (Å²) in [4.78, 5) is 34.3. The number of fused-ring (bicyclic) bond motifs is 2. The van der Waals surface area contributed by atoms with Crippen molar-refractivity contribution in [2.45, 2.75) is 37.6 Å². The molecule has 4 aliphatic rings. The highest BCUT2D eigenvalue weighted by molar-refractivity contribution is 7.15. The maximum atomic E-state index is 13.8. The van der Waals surface area contributed by atoms with E-state index >= 15 is 0 Å². The number of carbonyl (C=O) groups excluding carboxylic acids is 2. The first-order valence-corrected chi connectivity index (χ1v) is 13.5. The Labute approximate surface area is 213 Å². The van der Waals surface area contributed by atoms with E-state index in [1.165, 1.54) is 0 Å². The number of rotatable bonds is 6. The van der Waals surface area contributed by atoms with Crippen LogP contribution in [0.25, 0.3) is 10.4 Å². The Kier molecular flexibility index (Phi) is 5.23. The monoisotopic (exact) mass is 501 g/mol. The Bertz CT molecular complexity index is 1340. The van der Waals surface area contributed by atoms with E-state index in [-0.39, 0.29) is 11.9 Å². The zero-order valence-corrected chi connectivity index (χ0v) is 20.6. The fraction of sp³-hybridized carbons (Fsp3) is 0.393. The van der Waals surface area contributed by atoms with E-state index in [1.807, 2.05) is 47.4 Å². The molecule has 2 amide bonds. The quantitative estimate of drug-likeness (QED) is 0.521. The van der Waals surface area contributed by atoms with Gasteiger partial charge < -0.3 is 19.7 Å². The molecule has 2 aliphatic carbocycles. The number of hydrogen-bond donors (Lipinski definition) is 1. The van der Waals surface area contributed by atoms with Gasteiger partial charge in [0, 0.05) is 31.0 Å². The van der Waals surface area contributed by atoms with Crippen molar-refractivity contribution in [3.63, 3.8) is 0 Å². The van der Waals surface area contributed by atoms with Crippen LogP contribution in [0.5, 0.6) is 11.5 Å². The third kappa shape index (κ3) is 3.93. The van der Waals surface area contributed by atoms with Crippen LogP contribution >= 0.6 is 11.3 Å². The maximum Gasteiger partial charge on any atom is 0.412 e. The normalized spacial score (nSPS) is 23.6. The molecule has 2 aromatic carbocycles. The molecule has 2 saturated carbocycles. The number of piperidine rings is 1. The van der Waals surface area contributed by atoms with E-state index in [0.29, 0.717) is 42.3 Å². The van der Waals surface area contributed by atoms with Gasteiger partial charge in [-0.15, -0.1) is 11.3 Å².